The number of piperidine rings is 1. The lowest BCUT2D eigenvalue weighted by atomic mass is 9.96. The number of fused-ring (bicyclic) bond motifs is 1. The molecule has 1 aliphatic rings. The highest BCUT2D eigenvalue weighted by Gasteiger charge is 2.27. The Hall–Kier alpha value is -3.19. The third-order valence-corrected chi connectivity index (χ3v) is 7.31. The quantitative estimate of drug-likeness (QED) is 0.439. The highest BCUT2D eigenvalue weighted by atomic mass is 16.2. The van der Waals surface area contributed by atoms with Crippen LogP contribution in [0.4, 0.5) is 5.82 Å². The molecule has 7 heteroatoms. The van der Waals surface area contributed by atoms with Crippen LogP contribution in [0.3, 0.4) is 0 Å². The number of amides is 1. The lowest BCUT2D eigenvalue weighted by Crippen LogP contribution is -2.43. The molecule has 1 N–H and O–H groups in total. The topological polar surface area (TPSA) is 70.5 Å². The number of hydrogen-bond acceptors (Lipinski definition) is 5. The predicted molar refractivity (Wildman–Crippen MR) is 147 cm³/mol. The molecule has 1 aliphatic heterocycles. The first-order valence-electron chi connectivity index (χ1n) is 13.3. The van der Waals surface area contributed by atoms with E-state index in [1.165, 1.54) is 5.56 Å². The maximum Gasteiger partial charge on any atom is 0.294 e. The van der Waals surface area contributed by atoms with Crippen molar-refractivity contribution in [3.63, 3.8) is 0 Å². The summed E-state index contributed by atoms with van der Waals surface area (Å²) in [4.78, 5) is 35.5. The molecule has 4 rings (SSSR count). The van der Waals surface area contributed by atoms with Gasteiger partial charge in [-0.15, -0.1) is 0 Å². The molecule has 0 aliphatic carbocycles. The van der Waals surface area contributed by atoms with E-state index in [0.717, 1.165) is 55.5 Å². The van der Waals surface area contributed by atoms with Crippen LogP contribution in [0.25, 0.3) is 11.0 Å². The SMILES string of the molecule is CCN(CC)CCCNC(=O)C1CCN(c2nc3ccccc3n(Cc3ccc(C)cc3)c2=O)CC1. The van der Waals surface area contributed by atoms with Crippen molar-refractivity contribution in [3.05, 3.63) is 70.0 Å². The highest BCUT2D eigenvalue weighted by molar-refractivity contribution is 5.79. The standard InChI is InChI=1S/C29H39N5O2/c1-4-32(5-2)18-8-17-30-28(35)24-15-19-33(20-16-24)27-29(36)34(21-23-13-11-22(3)12-14-23)26-10-7-6-9-25(26)31-27/h6-7,9-14,24H,4-5,8,15-21H2,1-3H3,(H,30,35). The van der Waals surface area contributed by atoms with E-state index in [2.05, 4.69) is 60.2 Å². The molecule has 1 saturated heterocycles. The molecule has 3 aromatic rings. The van der Waals surface area contributed by atoms with Crippen molar-refractivity contribution in [2.75, 3.05) is 44.2 Å². The van der Waals surface area contributed by atoms with Crippen molar-refractivity contribution in [1.82, 2.24) is 19.8 Å². The monoisotopic (exact) mass is 489 g/mol. The van der Waals surface area contributed by atoms with Crippen LogP contribution in [0.15, 0.2) is 53.3 Å². The number of hydrogen-bond donors (Lipinski definition) is 1. The van der Waals surface area contributed by atoms with Crippen LogP contribution in [-0.2, 0) is 11.3 Å². The summed E-state index contributed by atoms with van der Waals surface area (Å²) in [5.74, 6) is 0.612. The second-order valence-electron chi connectivity index (χ2n) is 9.73. The molecule has 0 atom stereocenters. The minimum atomic E-state index is -0.0754. The first-order valence-corrected chi connectivity index (χ1v) is 13.3. The van der Waals surface area contributed by atoms with Gasteiger partial charge in [0.05, 0.1) is 17.6 Å². The molecule has 2 heterocycles. The van der Waals surface area contributed by atoms with Gasteiger partial charge in [-0.3, -0.25) is 14.2 Å². The Morgan fingerprint density at radius 2 is 1.75 bits per heavy atom. The van der Waals surface area contributed by atoms with E-state index < -0.39 is 0 Å². The molecule has 0 spiro atoms. The average molecular weight is 490 g/mol. The van der Waals surface area contributed by atoms with Gasteiger partial charge in [0.2, 0.25) is 5.91 Å². The maximum absolute atomic E-state index is 13.6. The average Bonchev–Trinajstić information content (AvgIpc) is 2.91. The summed E-state index contributed by atoms with van der Waals surface area (Å²) in [6.45, 7) is 12.0. The van der Waals surface area contributed by atoms with Gasteiger partial charge < -0.3 is 15.1 Å². The van der Waals surface area contributed by atoms with Crippen molar-refractivity contribution >= 4 is 22.8 Å². The van der Waals surface area contributed by atoms with Gasteiger partial charge in [0.15, 0.2) is 5.82 Å². The van der Waals surface area contributed by atoms with E-state index in [1.807, 2.05) is 28.8 Å². The number of aromatic nitrogens is 2. The molecule has 192 valence electrons. The smallest absolute Gasteiger partial charge is 0.294 e. The zero-order valence-electron chi connectivity index (χ0n) is 21.9. The Morgan fingerprint density at radius 1 is 1.06 bits per heavy atom. The third kappa shape index (κ3) is 6.13. The number of carbonyl (C=O) groups is 1. The summed E-state index contributed by atoms with van der Waals surface area (Å²) in [5.41, 5.74) is 3.86. The van der Waals surface area contributed by atoms with E-state index in [1.54, 1.807) is 0 Å². The van der Waals surface area contributed by atoms with E-state index in [9.17, 15) is 9.59 Å². The van der Waals surface area contributed by atoms with Crippen LogP contribution in [0.2, 0.25) is 0 Å². The molecule has 1 amide bonds. The number of anilines is 1. The molecular formula is C29H39N5O2. The fourth-order valence-corrected chi connectivity index (χ4v) is 4.97. The molecular weight excluding hydrogens is 450 g/mol. The Bertz CT molecular complexity index is 1210. The van der Waals surface area contributed by atoms with Crippen molar-refractivity contribution in [3.8, 4) is 0 Å². The first-order chi connectivity index (χ1) is 17.5. The number of benzene rings is 2. The van der Waals surface area contributed by atoms with Gasteiger partial charge in [-0.2, -0.15) is 0 Å². The van der Waals surface area contributed by atoms with Crippen molar-refractivity contribution in [2.24, 2.45) is 5.92 Å². The number of para-hydroxylation sites is 2. The lowest BCUT2D eigenvalue weighted by Gasteiger charge is -2.32. The van der Waals surface area contributed by atoms with Gasteiger partial charge >= 0.3 is 0 Å². The number of nitrogens with zero attached hydrogens (tertiary/aromatic N) is 4. The molecule has 0 saturated carbocycles. The van der Waals surface area contributed by atoms with Crippen LogP contribution in [0, 0.1) is 12.8 Å². The zero-order chi connectivity index (χ0) is 25.5. The van der Waals surface area contributed by atoms with Gasteiger partial charge in [0.25, 0.3) is 5.56 Å². The third-order valence-electron chi connectivity index (χ3n) is 7.31. The predicted octanol–water partition coefficient (Wildman–Crippen LogP) is 3.82. The molecule has 7 nitrogen and oxygen atoms in total. The number of aryl methyl sites for hydroxylation is 1. The summed E-state index contributed by atoms with van der Waals surface area (Å²) in [5, 5.41) is 3.12. The molecule has 1 aromatic heterocycles. The van der Waals surface area contributed by atoms with E-state index >= 15 is 0 Å². The van der Waals surface area contributed by atoms with Crippen LogP contribution < -0.4 is 15.8 Å². The Morgan fingerprint density at radius 3 is 2.44 bits per heavy atom. The molecule has 0 radical (unpaired) electrons. The maximum atomic E-state index is 13.6. The van der Waals surface area contributed by atoms with Gasteiger partial charge in [-0.1, -0.05) is 55.8 Å². The molecule has 0 bridgehead atoms. The summed E-state index contributed by atoms with van der Waals surface area (Å²) in [6, 6.07) is 16.1. The van der Waals surface area contributed by atoms with Crippen LogP contribution >= 0.6 is 0 Å². The van der Waals surface area contributed by atoms with Gasteiger partial charge in [-0.05, 0) is 63.5 Å². The normalized spacial score (nSPS) is 14.5. The molecule has 36 heavy (non-hydrogen) atoms. The molecule has 2 aromatic carbocycles. The van der Waals surface area contributed by atoms with E-state index in [4.69, 9.17) is 4.98 Å². The fourth-order valence-electron chi connectivity index (χ4n) is 4.97. The fraction of sp³-hybridized carbons (Fsp3) is 0.483. The van der Waals surface area contributed by atoms with Gasteiger partial charge in [0.1, 0.15) is 0 Å². The Kier molecular flexibility index (Phi) is 8.75. The minimum Gasteiger partial charge on any atom is -0.356 e. The summed E-state index contributed by atoms with van der Waals surface area (Å²) in [6.07, 6.45) is 2.43. The minimum absolute atomic E-state index is 0.00931. The largest absolute Gasteiger partial charge is 0.356 e. The second-order valence-corrected chi connectivity index (χ2v) is 9.73. The van der Waals surface area contributed by atoms with Gasteiger partial charge in [0, 0.05) is 25.6 Å². The van der Waals surface area contributed by atoms with Crippen LogP contribution in [0.5, 0.6) is 0 Å². The molecule has 0 unspecified atom stereocenters. The van der Waals surface area contributed by atoms with E-state index in [-0.39, 0.29) is 17.4 Å². The van der Waals surface area contributed by atoms with Gasteiger partial charge in [-0.25, -0.2) is 4.98 Å². The van der Waals surface area contributed by atoms with Crippen molar-refractivity contribution in [2.45, 2.75) is 46.6 Å². The second kappa shape index (κ2) is 12.2. The van der Waals surface area contributed by atoms with Crippen LogP contribution in [0.1, 0.15) is 44.2 Å². The summed E-state index contributed by atoms with van der Waals surface area (Å²) < 4.78 is 1.83. The molecule has 1 fully saturated rings. The van der Waals surface area contributed by atoms with E-state index in [0.29, 0.717) is 32.0 Å². The summed E-state index contributed by atoms with van der Waals surface area (Å²) in [7, 11) is 0. The highest BCUT2D eigenvalue weighted by Crippen LogP contribution is 2.22. The van der Waals surface area contributed by atoms with Crippen LogP contribution in [-0.4, -0.2) is 59.6 Å². The zero-order valence-corrected chi connectivity index (χ0v) is 21.9. The first kappa shape index (κ1) is 25.9. The summed E-state index contributed by atoms with van der Waals surface area (Å²) >= 11 is 0. The lowest BCUT2D eigenvalue weighted by molar-refractivity contribution is -0.125. The van der Waals surface area contributed by atoms with Crippen molar-refractivity contribution < 1.29 is 4.79 Å². The number of carbonyl (C=O) groups excluding carboxylic acids is 1. The Labute approximate surface area is 214 Å². The van der Waals surface area contributed by atoms with Crippen molar-refractivity contribution in [1.29, 1.82) is 0 Å². The number of nitrogens with one attached hydrogen (secondary N) is 1. The Balaban J connectivity index is 1.43. The number of rotatable bonds is 10.